The van der Waals surface area contributed by atoms with Gasteiger partial charge in [0.15, 0.2) is 0 Å². The summed E-state index contributed by atoms with van der Waals surface area (Å²) >= 11 is 0. The molecule has 2 aliphatic rings. The molecule has 2 aliphatic heterocycles. The SMILES string of the molecule is CCCCC[C@@H](C)N1C[C@H](COCc2ccccc2)Oc2cc(N3CCC[C@@H]3CO)ccc2S1(=O)=O. The Labute approximate surface area is 216 Å². The highest BCUT2D eigenvalue weighted by atomic mass is 32.2. The molecule has 8 heteroatoms. The van der Waals surface area contributed by atoms with E-state index in [0.29, 0.717) is 12.4 Å². The highest BCUT2D eigenvalue weighted by Crippen LogP contribution is 2.37. The van der Waals surface area contributed by atoms with Crippen LogP contribution in [-0.2, 0) is 21.4 Å². The first-order valence-electron chi connectivity index (χ1n) is 13.3. The molecule has 2 aromatic rings. The first kappa shape index (κ1) is 26.9. The molecule has 7 nitrogen and oxygen atoms in total. The van der Waals surface area contributed by atoms with Gasteiger partial charge in [-0.1, -0.05) is 56.5 Å². The van der Waals surface area contributed by atoms with E-state index in [1.54, 1.807) is 10.4 Å². The first-order chi connectivity index (χ1) is 17.4. The lowest BCUT2D eigenvalue weighted by molar-refractivity contribution is 0.0310. The van der Waals surface area contributed by atoms with Gasteiger partial charge in [0.05, 0.1) is 32.4 Å². The molecule has 0 amide bonds. The van der Waals surface area contributed by atoms with Gasteiger partial charge >= 0.3 is 0 Å². The van der Waals surface area contributed by atoms with Crippen molar-refractivity contribution in [2.24, 2.45) is 0 Å². The molecule has 0 saturated carbocycles. The minimum Gasteiger partial charge on any atom is -0.485 e. The van der Waals surface area contributed by atoms with Crippen molar-refractivity contribution in [3.63, 3.8) is 0 Å². The summed E-state index contributed by atoms with van der Waals surface area (Å²) < 4.78 is 41.7. The van der Waals surface area contributed by atoms with E-state index in [9.17, 15) is 13.5 Å². The zero-order valence-electron chi connectivity index (χ0n) is 21.5. The second-order valence-electron chi connectivity index (χ2n) is 9.96. The topological polar surface area (TPSA) is 79.3 Å². The fourth-order valence-corrected chi connectivity index (χ4v) is 7.00. The molecule has 0 aliphatic carbocycles. The fourth-order valence-electron chi connectivity index (χ4n) is 5.21. The number of fused-ring (bicyclic) bond motifs is 1. The summed E-state index contributed by atoms with van der Waals surface area (Å²) in [4.78, 5) is 2.35. The second kappa shape index (κ2) is 12.4. The van der Waals surface area contributed by atoms with E-state index in [4.69, 9.17) is 9.47 Å². The van der Waals surface area contributed by atoms with Crippen LogP contribution in [-0.4, -0.2) is 62.3 Å². The van der Waals surface area contributed by atoms with Crippen LogP contribution in [0.25, 0.3) is 0 Å². The predicted molar refractivity (Wildman–Crippen MR) is 142 cm³/mol. The van der Waals surface area contributed by atoms with Gasteiger partial charge in [0, 0.05) is 24.3 Å². The van der Waals surface area contributed by atoms with Crippen LogP contribution in [0, 0.1) is 0 Å². The highest BCUT2D eigenvalue weighted by Gasteiger charge is 2.38. The molecule has 1 N–H and O–H groups in total. The van der Waals surface area contributed by atoms with Crippen LogP contribution < -0.4 is 9.64 Å². The van der Waals surface area contributed by atoms with Gasteiger partial charge in [-0.25, -0.2) is 8.42 Å². The van der Waals surface area contributed by atoms with Crippen molar-refractivity contribution in [3.05, 3.63) is 54.1 Å². The lowest BCUT2D eigenvalue weighted by Crippen LogP contribution is -2.44. The first-order valence-corrected chi connectivity index (χ1v) is 14.7. The molecular formula is C28H40N2O5S. The Bertz CT molecular complexity index is 1080. The molecule has 2 heterocycles. The normalized spacial score (nSPS) is 22.6. The number of aliphatic hydroxyl groups excluding tert-OH is 1. The summed E-state index contributed by atoms with van der Waals surface area (Å²) in [6.45, 7) is 6.03. The van der Waals surface area contributed by atoms with Crippen molar-refractivity contribution in [1.29, 1.82) is 0 Å². The van der Waals surface area contributed by atoms with E-state index < -0.39 is 16.1 Å². The summed E-state index contributed by atoms with van der Waals surface area (Å²) in [6.07, 6.45) is 5.47. The third kappa shape index (κ3) is 6.22. The molecule has 1 fully saturated rings. The molecule has 0 bridgehead atoms. The zero-order chi connectivity index (χ0) is 25.5. The zero-order valence-corrected chi connectivity index (χ0v) is 22.3. The molecule has 0 radical (unpaired) electrons. The molecule has 1 saturated heterocycles. The maximum atomic E-state index is 13.8. The van der Waals surface area contributed by atoms with Crippen molar-refractivity contribution >= 4 is 15.7 Å². The average molecular weight is 517 g/mol. The summed E-state index contributed by atoms with van der Waals surface area (Å²) in [5.41, 5.74) is 1.95. The Morgan fingerprint density at radius 2 is 1.97 bits per heavy atom. The molecule has 2 aromatic carbocycles. The summed E-state index contributed by atoms with van der Waals surface area (Å²) in [5, 5.41) is 9.79. The number of anilines is 1. The smallest absolute Gasteiger partial charge is 0.247 e. The van der Waals surface area contributed by atoms with E-state index >= 15 is 0 Å². The Balaban J connectivity index is 1.60. The number of hydrogen-bond donors (Lipinski definition) is 1. The van der Waals surface area contributed by atoms with Crippen molar-refractivity contribution < 1.29 is 23.0 Å². The molecule has 3 atom stereocenters. The van der Waals surface area contributed by atoms with Crippen molar-refractivity contribution in [1.82, 2.24) is 4.31 Å². The van der Waals surface area contributed by atoms with Gasteiger partial charge in [0.25, 0.3) is 0 Å². The van der Waals surface area contributed by atoms with E-state index in [2.05, 4.69) is 11.8 Å². The van der Waals surface area contributed by atoms with Crippen molar-refractivity contribution in [2.75, 3.05) is 31.2 Å². The second-order valence-corrected chi connectivity index (χ2v) is 11.8. The Hall–Kier alpha value is -2.13. The average Bonchev–Trinajstić information content (AvgIpc) is 3.32. The summed E-state index contributed by atoms with van der Waals surface area (Å²) in [7, 11) is -3.74. The minimum absolute atomic E-state index is 0.0468. The summed E-state index contributed by atoms with van der Waals surface area (Å²) in [6, 6.07) is 15.2. The van der Waals surface area contributed by atoms with Crippen LogP contribution in [0.4, 0.5) is 5.69 Å². The van der Waals surface area contributed by atoms with Gasteiger partial charge in [-0.15, -0.1) is 0 Å². The largest absolute Gasteiger partial charge is 0.485 e. The van der Waals surface area contributed by atoms with Crippen LogP contribution in [0.1, 0.15) is 57.9 Å². The van der Waals surface area contributed by atoms with Crippen LogP contribution >= 0.6 is 0 Å². The third-order valence-corrected chi connectivity index (χ3v) is 9.26. The Morgan fingerprint density at radius 3 is 2.72 bits per heavy atom. The number of benzene rings is 2. The van der Waals surface area contributed by atoms with Crippen LogP contribution in [0.15, 0.2) is 53.4 Å². The Kier molecular flexibility index (Phi) is 9.28. The monoisotopic (exact) mass is 516 g/mol. The van der Waals surface area contributed by atoms with Gasteiger partial charge in [-0.3, -0.25) is 0 Å². The molecule has 0 unspecified atom stereocenters. The van der Waals surface area contributed by atoms with Crippen LogP contribution in [0.3, 0.4) is 0 Å². The number of rotatable bonds is 11. The number of ether oxygens (including phenoxy) is 2. The summed E-state index contributed by atoms with van der Waals surface area (Å²) in [5.74, 6) is 0.368. The van der Waals surface area contributed by atoms with Gasteiger partial charge < -0.3 is 19.5 Å². The van der Waals surface area contributed by atoms with Crippen molar-refractivity contribution in [2.45, 2.75) is 82.1 Å². The van der Waals surface area contributed by atoms with Gasteiger partial charge in [-0.2, -0.15) is 4.31 Å². The Morgan fingerprint density at radius 1 is 1.17 bits per heavy atom. The molecule has 4 rings (SSSR count). The lowest BCUT2D eigenvalue weighted by Gasteiger charge is -2.28. The molecule has 198 valence electrons. The predicted octanol–water partition coefficient (Wildman–Crippen LogP) is 4.59. The van der Waals surface area contributed by atoms with Crippen LogP contribution in [0.2, 0.25) is 0 Å². The number of unbranched alkanes of at least 4 members (excludes halogenated alkanes) is 2. The van der Waals surface area contributed by atoms with E-state index in [1.165, 1.54) is 0 Å². The molecule has 0 spiro atoms. The van der Waals surface area contributed by atoms with E-state index in [-0.39, 0.29) is 36.7 Å². The highest BCUT2D eigenvalue weighted by molar-refractivity contribution is 7.89. The van der Waals surface area contributed by atoms with Gasteiger partial charge in [-0.05, 0) is 43.9 Å². The van der Waals surface area contributed by atoms with Gasteiger partial charge in [0.1, 0.15) is 16.7 Å². The fraction of sp³-hybridized carbons (Fsp3) is 0.571. The van der Waals surface area contributed by atoms with Crippen molar-refractivity contribution in [3.8, 4) is 5.75 Å². The maximum Gasteiger partial charge on any atom is 0.247 e. The number of nitrogens with zero attached hydrogens (tertiary/aromatic N) is 2. The molecular weight excluding hydrogens is 476 g/mol. The standard InChI is InChI=1S/C28H40N2O5S/c1-3-4-6-10-22(2)30-18-26(21-34-20-23-11-7-5-8-12-23)35-27-17-24(14-15-28(27)36(30,32)33)29-16-9-13-25(29)19-31/h5,7-8,11-12,14-15,17,22,25-26,31H,3-4,6,9-10,13,16,18-21H2,1-2H3/t22-,25-,26-/m1/s1. The molecule has 0 aromatic heterocycles. The number of aliphatic hydroxyl groups is 1. The quantitative estimate of drug-likeness (QED) is 0.440. The number of hydrogen-bond acceptors (Lipinski definition) is 6. The van der Waals surface area contributed by atoms with Gasteiger partial charge in [0.2, 0.25) is 10.0 Å². The third-order valence-electron chi connectivity index (χ3n) is 7.24. The minimum atomic E-state index is -3.74. The molecule has 36 heavy (non-hydrogen) atoms. The van der Waals surface area contributed by atoms with E-state index in [1.807, 2.05) is 49.4 Å². The van der Waals surface area contributed by atoms with Crippen LogP contribution in [0.5, 0.6) is 5.75 Å². The van der Waals surface area contributed by atoms with E-state index in [0.717, 1.165) is 56.3 Å². The maximum absolute atomic E-state index is 13.8. The lowest BCUT2D eigenvalue weighted by atomic mass is 10.1. The number of sulfonamides is 1.